The van der Waals surface area contributed by atoms with Gasteiger partial charge in [-0.05, 0) is 6.08 Å². The molecule has 1 aliphatic heterocycles. The molecule has 0 amide bonds. The number of rotatable bonds is 2. The molecular formula is C4H6O6S2. The van der Waals surface area contributed by atoms with Crippen LogP contribution in [0.25, 0.3) is 0 Å². The van der Waals surface area contributed by atoms with Crippen LogP contribution >= 0.6 is 0 Å². The average molecular weight is 214 g/mol. The van der Waals surface area contributed by atoms with Gasteiger partial charge in [-0.1, -0.05) is 0 Å². The Balaban J connectivity index is 2.69. The fourth-order valence-electron chi connectivity index (χ4n) is 0.763. The second-order valence-corrected chi connectivity index (χ2v) is 5.20. The Hall–Kier alpha value is -0.440. The first-order chi connectivity index (χ1) is 5.29. The van der Waals surface area contributed by atoms with Gasteiger partial charge in [0.05, 0.1) is 5.75 Å². The van der Waals surface area contributed by atoms with Crippen LogP contribution in [0.1, 0.15) is 0 Å². The second kappa shape index (κ2) is 2.80. The van der Waals surface area contributed by atoms with Crippen molar-refractivity contribution in [1.82, 2.24) is 0 Å². The average Bonchev–Trinajstić information content (AvgIpc) is 2.05. The minimum atomic E-state index is -4.57. The summed E-state index contributed by atoms with van der Waals surface area (Å²) in [7, 11) is -7.92. The van der Waals surface area contributed by atoms with E-state index in [0.717, 1.165) is 11.5 Å². The Morgan fingerprint density at radius 1 is 1.50 bits per heavy atom. The monoisotopic (exact) mass is 214 g/mol. The van der Waals surface area contributed by atoms with Crippen molar-refractivity contribution in [2.24, 2.45) is 0 Å². The van der Waals surface area contributed by atoms with Crippen LogP contribution in [0.15, 0.2) is 11.5 Å². The highest BCUT2D eigenvalue weighted by Crippen LogP contribution is 2.12. The summed E-state index contributed by atoms with van der Waals surface area (Å²) in [5.41, 5.74) is 0. The highest BCUT2D eigenvalue weighted by atomic mass is 32.3. The largest absolute Gasteiger partial charge is 0.397 e. The molecule has 70 valence electrons. The van der Waals surface area contributed by atoms with Crippen LogP contribution in [-0.2, 0) is 24.4 Å². The molecule has 1 unspecified atom stereocenters. The molecule has 0 bridgehead atoms. The summed E-state index contributed by atoms with van der Waals surface area (Å²) in [6.45, 7) is 0. The summed E-state index contributed by atoms with van der Waals surface area (Å²) in [4.78, 5) is 0. The zero-order valence-electron chi connectivity index (χ0n) is 5.74. The van der Waals surface area contributed by atoms with Gasteiger partial charge in [0.15, 0.2) is 9.84 Å². The summed E-state index contributed by atoms with van der Waals surface area (Å²) < 4.78 is 53.7. The first-order valence-electron chi connectivity index (χ1n) is 2.85. The van der Waals surface area contributed by atoms with Crippen LogP contribution in [-0.4, -0.2) is 33.2 Å². The lowest BCUT2D eigenvalue weighted by Gasteiger charge is -2.03. The van der Waals surface area contributed by atoms with E-state index in [1.54, 1.807) is 0 Å². The lowest BCUT2D eigenvalue weighted by molar-refractivity contribution is 0.238. The topological polar surface area (TPSA) is 97.7 Å². The van der Waals surface area contributed by atoms with Crippen LogP contribution in [0.4, 0.5) is 0 Å². The van der Waals surface area contributed by atoms with Gasteiger partial charge in [-0.2, -0.15) is 8.42 Å². The number of hydrogen-bond acceptors (Lipinski definition) is 5. The quantitative estimate of drug-likeness (QED) is 0.599. The van der Waals surface area contributed by atoms with Crippen LogP contribution < -0.4 is 0 Å². The van der Waals surface area contributed by atoms with Crippen LogP contribution in [0.5, 0.6) is 0 Å². The standard InChI is InChI=1S/C4H6O6S2/c5-11(6)2-1-4(3-11)10-12(7,8)9/h1-2,4H,3H2,(H,7,8,9). The molecule has 1 rings (SSSR count). The van der Waals surface area contributed by atoms with Gasteiger partial charge >= 0.3 is 10.4 Å². The summed E-state index contributed by atoms with van der Waals surface area (Å²) in [6, 6.07) is 0. The van der Waals surface area contributed by atoms with E-state index in [1.807, 2.05) is 0 Å². The summed E-state index contributed by atoms with van der Waals surface area (Å²) in [5, 5.41) is 0.850. The molecule has 0 aliphatic carbocycles. The molecule has 0 saturated carbocycles. The van der Waals surface area contributed by atoms with Crippen LogP contribution in [0.3, 0.4) is 0 Å². The molecule has 1 N–H and O–H groups in total. The molecule has 1 atom stereocenters. The molecule has 0 aromatic carbocycles. The molecule has 0 aromatic heterocycles. The Kier molecular flexibility index (Phi) is 2.25. The van der Waals surface area contributed by atoms with Gasteiger partial charge in [-0.25, -0.2) is 12.6 Å². The third-order valence-corrected chi connectivity index (χ3v) is 3.00. The maximum atomic E-state index is 10.7. The van der Waals surface area contributed by atoms with Gasteiger partial charge in [-0.15, -0.1) is 0 Å². The number of hydrogen-bond donors (Lipinski definition) is 1. The van der Waals surface area contributed by atoms with Crippen molar-refractivity contribution in [3.05, 3.63) is 11.5 Å². The Morgan fingerprint density at radius 2 is 2.08 bits per heavy atom. The first-order valence-corrected chi connectivity index (χ1v) is 5.93. The van der Waals surface area contributed by atoms with Crippen molar-refractivity contribution in [2.45, 2.75) is 6.10 Å². The van der Waals surface area contributed by atoms with Gasteiger partial charge in [0, 0.05) is 5.41 Å². The normalized spacial score (nSPS) is 27.6. The third-order valence-electron chi connectivity index (χ3n) is 1.14. The third kappa shape index (κ3) is 2.89. The highest BCUT2D eigenvalue weighted by Gasteiger charge is 2.26. The predicted octanol–water partition coefficient (Wildman–Crippen LogP) is -0.883. The molecule has 6 nitrogen and oxygen atoms in total. The van der Waals surface area contributed by atoms with Crippen molar-refractivity contribution in [3.8, 4) is 0 Å². The Morgan fingerprint density at radius 3 is 2.42 bits per heavy atom. The lowest BCUT2D eigenvalue weighted by Crippen LogP contribution is -2.19. The zero-order valence-corrected chi connectivity index (χ0v) is 7.38. The lowest BCUT2D eigenvalue weighted by atomic mass is 10.4. The van der Waals surface area contributed by atoms with E-state index < -0.39 is 32.1 Å². The van der Waals surface area contributed by atoms with E-state index >= 15 is 0 Å². The first kappa shape index (κ1) is 9.65. The van der Waals surface area contributed by atoms with Crippen molar-refractivity contribution in [1.29, 1.82) is 0 Å². The van der Waals surface area contributed by atoms with Crippen molar-refractivity contribution < 1.29 is 25.6 Å². The van der Waals surface area contributed by atoms with E-state index in [2.05, 4.69) is 4.18 Å². The maximum Gasteiger partial charge on any atom is 0.397 e. The SMILES string of the molecule is O=S1(=O)C=CC(OS(=O)(=O)O)C1. The molecule has 0 aromatic rings. The van der Waals surface area contributed by atoms with Gasteiger partial charge in [-0.3, -0.25) is 4.55 Å². The summed E-state index contributed by atoms with van der Waals surface area (Å²) >= 11 is 0. The van der Waals surface area contributed by atoms with Crippen molar-refractivity contribution in [2.75, 3.05) is 5.75 Å². The van der Waals surface area contributed by atoms with E-state index in [-0.39, 0.29) is 0 Å². The molecular weight excluding hydrogens is 208 g/mol. The minimum absolute atomic E-state index is 0.452. The Bertz CT molecular complexity index is 387. The molecule has 0 saturated heterocycles. The van der Waals surface area contributed by atoms with E-state index in [9.17, 15) is 16.8 Å². The second-order valence-electron chi connectivity index (χ2n) is 2.22. The summed E-state index contributed by atoms with van der Waals surface area (Å²) in [5.74, 6) is -0.452. The van der Waals surface area contributed by atoms with Gasteiger partial charge < -0.3 is 0 Å². The predicted molar refractivity (Wildman–Crippen MR) is 39.3 cm³/mol. The molecule has 12 heavy (non-hydrogen) atoms. The molecule has 1 heterocycles. The van der Waals surface area contributed by atoms with Crippen molar-refractivity contribution >= 4 is 20.2 Å². The molecule has 0 fully saturated rings. The Labute approximate surface area is 69.7 Å². The van der Waals surface area contributed by atoms with Gasteiger partial charge in [0.25, 0.3) is 0 Å². The van der Waals surface area contributed by atoms with Crippen LogP contribution in [0.2, 0.25) is 0 Å². The van der Waals surface area contributed by atoms with Crippen molar-refractivity contribution in [3.63, 3.8) is 0 Å². The van der Waals surface area contributed by atoms with Gasteiger partial charge in [0.1, 0.15) is 6.10 Å². The van der Waals surface area contributed by atoms with Crippen LogP contribution in [0, 0.1) is 0 Å². The maximum absolute atomic E-state index is 10.7. The smallest absolute Gasteiger partial charge is 0.264 e. The molecule has 1 aliphatic rings. The van der Waals surface area contributed by atoms with E-state index in [0.29, 0.717) is 0 Å². The molecule has 0 spiro atoms. The fraction of sp³-hybridized carbons (Fsp3) is 0.500. The van der Waals surface area contributed by atoms with E-state index in [1.165, 1.54) is 0 Å². The fourth-order valence-corrected chi connectivity index (χ4v) is 2.46. The zero-order chi connectivity index (χ0) is 9.41. The minimum Gasteiger partial charge on any atom is -0.264 e. The van der Waals surface area contributed by atoms with E-state index in [4.69, 9.17) is 4.55 Å². The summed E-state index contributed by atoms with van der Waals surface area (Å²) in [6.07, 6.45) is -0.0478. The molecule has 0 radical (unpaired) electrons. The molecule has 8 heteroatoms. The number of sulfone groups is 1. The highest BCUT2D eigenvalue weighted by molar-refractivity contribution is 7.94. The van der Waals surface area contributed by atoms with Gasteiger partial charge in [0.2, 0.25) is 0 Å².